The third-order valence-electron chi connectivity index (χ3n) is 4.86. The second-order valence-corrected chi connectivity index (χ2v) is 6.40. The van der Waals surface area contributed by atoms with Crippen LogP contribution >= 0.6 is 0 Å². The van der Waals surface area contributed by atoms with Crippen molar-refractivity contribution in [3.63, 3.8) is 0 Å². The van der Waals surface area contributed by atoms with Crippen LogP contribution in [0.25, 0.3) is 0 Å². The monoisotopic (exact) mass is 362 g/mol. The predicted octanol–water partition coefficient (Wildman–Crippen LogP) is 3.34. The maximum atomic E-state index is 13.1. The molecular weight excluding hydrogens is 326 g/mol. The molecule has 1 N–H and O–H groups in total. The van der Waals surface area contributed by atoms with Gasteiger partial charge in [0.15, 0.2) is 12.2 Å². The first-order chi connectivity index (χ1) is 14.5. The largest absolute Gasteiger partial charge is 0.450 e. The molecule has 4 heteroatoms. The smallest absolute Gasteiger partial charge is 0.344 e. The van der Waals surface area contributed by atoms with Gasteiger partial charge in [-0.2, -0.15) is 0 Å². The minimum atomic E-state index is -1.90. The first kappa shape index (κ1) is 14.3. The normalized spacial score (nSPS) is 21.1. The first-order valence-corrected chi connectivity index (χ1v) is 9.14. The Balaban J connectivity index is 2.14. The topological polar surface area (TPSA) is 49.8 Å². The van der Waals surface area contributed by atoms with Crippen molar-refractivity contribution in [1.29, 1.82) is 1.43 Å². The Labute approximate surface area is 164 Å². The summed E-state index contributed by atoms with van der Waals surface area (Å²) >= 11 is 0. The highest BCUT2D eigenvalue weighted by Crippen LogP contribution is 2.40. The van der Waals surface area contributed by atoms with Crippen LogP contribution in [0.3, 0.4) is 0 Å². The highest BCUT2D eigenvalue weighted by Gasteiger charge is 2.46. The van der Waals surface area contributed by atoms with Gasteiger partial charge in [0.1, 0.15) is 0 Å². The van der Waals surface area contributed by atoms with Gasteiger partial charge in [-0.05, 0) is 31.4 Å². The van der Waals surface area contributed by atoms with Gasteiger partial charge in [-0.3, -0.25) is 4.90 Å². The van der Waals surface area contributed by atoms with Gasteiger partial charge in [0.25, 0.3) is 0 Å². The van der Waals surface area contributed by atoms with E-state index in [1.54, 1.807) is 24.3 Å². The highest BCUT2D eigenvalue weighted by atomic mass is 16.5. The number of carbonyl (C=O) groups is 1. The Morgan fingerprint density at radius 1 is 1.27 bits per heavy atom. The van der Waals surface area contributed by atoms with Crippen LogP contribution in [-0.4, -0.2) is 43.6 Å². The number of rotatable bonds is 8. The Kier molecular flexibility index (Phi) is 5.68. The lowest BCUT2D eigenvalue weighted by molar-refractivity contribution is -0.174. The molecule has 1 aromatic carbocycles. The Morgan fingerprint density at radius 3 is 2.58 bits per heavy atom. The van der Waals surface area contributed by atoms with E-state index < -0.39 is 24.6 Å². The van der Waals surface area contributed by atoms with Crippen molar-refractivity contribution in [2.45, 2.75) is 51.6 Å². The van der Waals surface area contributed by atoms with Crippen LogP contribution in [0, 0.1) is 17.8 Å². The number of hydrogen-bond acceptors (Lipinski definition) is 4. The van der Waals surface area contributed by atoms with Crippen LogP contribution in [-0.2, 0) is 15.1 Å². The standard InChI is InChI=1S/C22H31NO3/c1-3-23(4-2)17-11-12-18-26-21(24)22(25,19-13-7-5-8-14-19)20-15-9-6-10-16-20/h5,7-8,13-14,20,25H,3-4,6,9-10,15-18H2,1-2H3/i3D2,4D2,25D. The molecule has 0 aromatic heterocycles. The van der Waals surface area contributed by atoms with E-state index in [-0.39, 0.29) is 19.1 Å². The maximum Gasteiger partial charge on any atom is 0.344 e. The zero-order chi connectivity index (χ0) is 23.1. The number of esters is 1. The SMILES string of the molecule is [2H]OC(C(=O)OCC#CCN(C([2H])([2H])C)C([2H])([2H])C)(c1ccccc1)C1CCCCC1. The van der Waals surface area contributed by atoms with Crippen molar-refractivity contribution in [2.75, 3.05) is 26.1 Å². The van der Waals surface area contributed by atoms with Gasteiger partial charge >= 0.3 is 5.97 Å². The fraction of sp³-hybridized carbons (Fsp3) is 0.591. The quantitative estimate of drug-likeness (QED) is 0.569. The molecule has 4 nitrogen and oxygen atoms in total. The van der Waals surface area contributed by atoms with E-state index in [9.17, 15) is 4.79 Å². The molecule has 1 atom stereocenters. The van der Waals surface area contributed by atoms with Crippen LogP contribution in [0.15, 0.2) is 30.3 Å². The summed E-state index contributed by atoms with van der Waals surface area (Å²) in [6.45, 7) is -1.68. The molecule has 1 aliphatic rings. The number of hydrogen-bond donors (Lipinski definition) is 1. The second-order valence-electron chi connectivity index (χ2n) is 6.40. The predicted molar refractivity (Wildman–Crippen MR) is 103 cm³/mol. The third kappa shape index (κ3) is 5.09. The van der Waals surface area contributed by atoms with E-state index in [0.717, 1.165) is 37.0 Å². The van der Waals surface area contributed by atoms with Gasteiger partial charge in [0.05, 0.1) is 6.54 Å². The molecule has 1 aromatic rings. The van der Waals surface area contributed by atoms with Crippen LogP contribution < -0.4 is 0 Å². The van der Waals surface area contributed by atoms with Gasteiger partial charge < -0.3 is 9.85 Å². The van der Waals surface area contributed by atoms with Crippen LogP contribution in [0.1, 0.15) is 57.0 Å². The van der Waals surface area contributed by atoms with Crippen LogP contribution in [0.2, 0.25) is 0 Å². The summed E-state index contributed by atoms with van der Waals surface area (Å²) in [4.78, 5) is 14.1. The van der Waals surface area contributed by atoms with Crippen molar-refractivity contribution in [1.82, 2.24) is 4.90 Å². The molecule has 1 unspecified atom stereocenters. The lowest BCUT2D eigenvalue weighted by Gasteiger charge is -2.36. The molecule has 2 rings (SSSR count). The van der Waals surface area contributed by atoms with Gasteiger partial charge in [-0.25, -0.2) is 4.79 Å². The molecule has 0 aliphatic heterocycles. The van der Waals surface area contributed by atoms with Crippen LogP contribution in [0.4, 0.5) is 0 Å². The van der Waals surface area contributed by atoms with Crippen molar-refractivity contribution < 1.29 is 20.1 Å². The van der Waals surface area contributed by atoms with Crippen molar-refractivity contribution in [2.24, 2.45) is 5.92 Å². The number of ether oxygens (including phenoxy) is 1. The van der Waals surface area contributed by atoms with Crippen molar-refractivity contribution >= 4 is 5.97 Å². The fourth-order valence-corrected chi connectivity index (χ4v) is 3.38. The van der Waals surface area contributed by atoms with Gasteiger partial charge in [-0.1, -0.05) is 75.3 Å². The molecule has 0 bridgehead atoms. The Bertz CT molecular complexity index is 762. The van der Waals surface area contributed by atoms with E-state index in [4.69, 9.17) is 16.8 Å². The second kappa shape index (κ2) is 10.4. The number of aliphatic hydroxyl groups is 1. The minimum absolute atomic E-state index is 0.161. The molecule has 0 heterocycles. The van der Waals surface area contributed by atoms with Gasteiger partial charge in [0.2, 0.25) is 1.43 Å². The maximum absolute atomic E-state index is 13.1. The number of nitrogens with zero attached hydrogens (tertiary/aromatic N) is 1. The molecular formula is C22H31NO3. The Morgan fingerprint density at radius 2 is 1.96 bits per heavy atom. The van der Waals surface area contributed by atoms with Crippen molar-refractivity contribution in [3.8, 4) is 11.8 Å². The summed E-state index contributed by atoms with van der Waals surface area (Å²) in [5, 5.41) is 5.13. The molecule has 0 saturated heterocycles. The molecule has 26 heavy (non-hydrogen) atoms. The number of benzene rings is 1. The zero-order valence-electron chi connectivity index (χ0n) is 20.6. The lowest BCUT2D eigenvalue weighted by Crippen LogP contribution is -2.45. The molecule has 0 amide bonds. The summed E-state index contributed by atoms with van der Waals surface area (Å²) in [7, 11) is 0. The van der Waals surface area contributed by atoms with E-state index >= 15 is 0 Å². The molecule has 1 fully saturated rings. The summed E-state index contributed by atoms with van der Waals surface area (Å²) < 4.78 is 44.3. The summed E-state index contributed by atoms with van der Waals surface area (Å²) in [6.07, 6.45) is 4.54. The molecule has 0 radical (unpaired) electrons. The fourth-order valence-electron chi connectivity index (χ4n) is 3.38. The van der Waals surface area contributed by atoms with Crippen molar-refractivity contribution in [3.05, 3.63) is 35.9 Å². The van der Waals surface area contributed by atoms with E-state index in [1.165, 1.54) is 13.8 Å². The van der Waals surface area contributed by atoms with E-state index in [2.05, 4.69) is 11.8 Å². The van der Waals surface area contributed by atoms with Crippen LogP contribution in [0.5, 0.6) is 0 Å². The average molecular weight is 363 g/mol. The highest BCUT2D eigenvalue weighted by molar-refractivity contribution is 5.81. The summed E-state index contributed by atoms with van der Waals surface area (Å²) in [5.41, 5.74) is -0.934. The lowest BCUT2D eigenvalue weighted by atomic mass is 9.73. The molecule has 1 aliphatic carbocycles. The number of carbonyl (C=O) groups excluding carboxylic acids is 1. The summed E-state index contributed by atoms with van der Waals surface area (Å²) in [6, 6.07) is 8.96. The Hall–Kier alpha value is -1.83. The molecule has 1 saturated carbocycles. The molecule has 142 valence electrons. The average Bonchev–Trinajstić information content (AvgIpc) is 2.71. The zero-order valence-corrected chi connectivity index (χ0v) is 15.6. The van der Waals surface area contributed by atoms with E-state index in [1.807, 2.05) is 6.07 Å². The molecule has 0 spiro atoms. The van der Waals surface area contributed by atoms with Gasteiger partial charge in [0, 0.05) is 11.4 Å². The summed E-state index contributed by atoms with van der Waals surface area (Å²) in [5.74, 6) is 4.50. The third-order valence-corrected chi connectivity index (χ3v) is 4.86. The minimum Gasteiger partial charge on any atom is -0.450 e. The van der Waals surface area contributed by atoms with E-state index in [0.29, 0.717) is 5.56 Å². The van der Waals surface area contributed by atoms with Gasteiger partial charge in [-0.15, -0.1) is 0 Å². The first-order valence-electron chi connectivity index (χ1n) is 11.5.